The summed E-state index contributed by atoms with van der Waals surface area (Å²) in [7, 11) is 0. The molecule has 1 atom stereocenters. The fourth-order valence-corrected chi connectivity index (χ4v) is 0.829. The lowest BCUT2D eigenvalue weighted by molar-refractivity contribution is -0.124. The predicted octanol–water partition coefficient (Wildman–Crippen LogP) is -1.80. The fraction of sp³-hybridized carbons (Fsp3) is 0.667. The van der Waals surface area contributed by atoms with Crippen molar-refractivity contribution in [3.05, 3.63) is 0 Å². The lowest BCUT2D eigenvalue weighted by Gasteiger charge is -2.07. The quantitative estimate of drug-likeness (QED) is 0.471. The molecule has 6 heteroatoms. The molecule has 0 aromatic carbocycles. The van der Waals surface area contributed by atoms with E-state index in [1.807, 2.05) is 0 Å². The van der Waals surface area contributed by atoms with Gasteiger partial charge in [0.15, 0.2) is 0 Å². The molecule has 0 aliphatic carbocycles. The van der Waals surface area contributed by atoms with Crippen LogP contribution in [0.5, 0.6) is 0 Å². The number of ether oxygens (including phenoxy) is 1. The van der Waals surface area contributed by atoms with E-state index in [-0.39, 0.29) is 12.6 Å². The summed E-state index contributed by atoms with van der Waals surface area (Å²) in [5, 5.41) is 13.2. The highest BCUT2D eigenvalue weighted by Crippen LogP contribution is 1.97. The van der Waals surface area contributed by atoms with E-state index in [0.29, 0.717) is 6.54 Å². The molecule has 1 rings (SSSR count). The van der Waals surface area contributed by atoms with Crippen LogP contribution in [-0.2, 0) is 9.53 Å². The lowest BCUT2D eigenvalue weighted by atomic mass is 10.3. The molecule has 68 valence electrons. The van der Waals surface area contributed by atoms with Crippen LogP contribution in [0.25, 0.3) is 0 Å². The summed E-state index contributed by atoms with van der Waals surface area (Å²) in [4.78, 5) is 21.0. The highest BCUT2D eigenvalue weighted by molar-refractivity contribution is 5.77. The van der Waals surface area contributed by atoms with Crippen LogP contribution in [0.2, 0.25) is 0 Å². The minimum atomic E-state index is -0.548. The highest BCUT2D eigenvalue weighted by Gasteiger charge is 2.22. The number of hydrogen-bond acceptors (Lipinski definition) is 4. The van der Waals surface area contributed by atoms with Crippen molar-refractivity contribution < 1.29 is 19.4 Å². The fourth-order valence-electron chi connectivity index (χ4n) is 0.829. The number of cyclic esters (lactones) is 1. The van der Waals surface area contributed by atoms with Gasteiger partial charge in [-0.25, -0.2) is 4.79 Å². The summed E-state index contributed by atoms with van der Waals surface area (Å²) >= 11 is 0. The summed E-state index contributed by atoms with van der Waals surface area (Å²) in [6.45, 7) is 0.0801. The van der Waals surface area contributed by atoms with Crippen LogP contribution >= 0.6 is 0 Å². The molecule has 3 N–H and O–H groups in total. The van der Waals surface area contributed by atoms with Crippen molar-refractivity contribution in [3.63, 3.8) is 0 Å². The average molecular weight is 174 g/mol. The average Bonchev–Trinajstić information content (AvgIpc) is 2.47. The molecule has 0 bridgehead atoms. The van der Waals surface area contributed by atoms with E-state index in [4.69, 9.17) is 9.84 Å². The number of alkyl carbamates (subject to hydrolysis) is 1. The number of aliphatic hydroxyl groups excluding tert-OH is 1. The second kappa shape index (κ2) is 3.91. The van der Waals surface area contributed by atoms with Crippen molar-refractivity contribution in [1.29, 1.82) is 0 Å². The molecule has 0 aromatic rings. The van der Waals surface area contributed by atoms with Crippen LogP contribution in [0.3, 0.4) is 0 Å². The Bertz CT molecular complexity index is 194. The standard InChI is InChI=1S/C6H10N2O4/c9-3-5(10)7-1-4-2-8-6(11)12-4/h4,9H,1-3H2,(H,7,10)(H,8,11). The molecule has 1 fully saturated rings. The van der Waals surface area contributed by atoms with Crippen LogP contribution in [0.1, 0.15) is 0 Å². The maximum Gasteiger partial charge on any atom is 0.407 e. The van der Waals surface area contributed by atoms with Gasteiger partial charge in [-0.3, -0.25) is 4.79 Å². The largest absolute Gasteiger partial charge is 0.442 e. The predicted molar refractivity (Wildman–Crippen MR) is 38.4 cm³/mol. The van der Waals surface area contributed by atoms with Gasteiger partial charge in [-0.1, -0.05) is 0 Å². The number of hydrogen-bond donors (Lipinski definition) is 3. The van der Waals surface area contributed by atoms with Gasteiger partial charge in [0.25, 0.3) is 0 Å². The van der Waals surface area contributed by atoms with Gasteiger partial charge < -0.3 is 20.5 Å². The number of amides is 2. The normalized spacial score (nSPS) is 21.4. The molecule has 1 aliphatic rings. The first kappa shape index (κ1) is 8.79. The Morgan fingerprint density at radius 3 is 3.08 bits per heavy atom. The van der Waals surface area contributed by atoms with Crippen molar-refractivity contribution in [1.82, 2.24) is 10.6 Å². The Morgan fingerprint density at radius 2 is 2.58 bits per heavy atom. The maximum absolute atomic E-state index is 10.5. The number of nitrogens with one attached hydrogen (secondary N) is 2. The highest BCUT2D eigenvalue weighted by atomic mass is 16.6. The molecule has 0 aromatic heterocycles. The topological polar surface area (TPSA) is 87.7 Å². The Hall–Kier alpha value is -1.30. The van der Waals surface area contributed by atoms with Gasteiger partial charge in [0.1, 0.15) is 12.7 Å². The number of aliphatic hydroxyl groups is 1. The molecular weight excluding hydrogens is 164 g/mol. The van der Waals surface area contributed by atoms with E-state index in [2.05, 4.69) is 10.6 Å². The van der Waals surface area contributed by atoms with Crippen LogP contribution in [0.4, 0.5) is 4.79 Å². The van der Waals surface area contributed by atoms with E-state index in [0.717, 1.165) is 0 Å². The molecule has 1 saturated heterocycles. The number of carbonyl (C=O) groups excluding carboxylic acids is 2. The molecule has 2 amide bonds. The number of rotatable bonds is 3. The Balaban J connectivity index is 2.16. The van der Waals surface area contributed by atoms with Gasteiger partial charge in [0.2, 0.25) is 5.91 Å². The van der Waals surface area contributed by atoms with Crippen molar-refractivity contribution in [2.45, 2.75) is 6.10 Å². The van der Waals surface area contributed by atoms with Crippen LogP contribution in [-0.4, -0.2) is 42.9 Å². The zero-order valence-electron chi connectivity index (χ0n) is 6.37. The van der Waals surface area contributed by atoms with E-state index in [9.17, 15) is 9.59 Å². The smallest absolute Gasteiger partial charge is 0.407 e. The van der Waals surface area contributed by atoms with Crippen molar-refractivity contribution >= 4 is 12.0 Å². The third kappa shape index (κ3) is 2.39. The minimum absolute atomic E-state index is 0.234. The van der Waals surface area contributed by atoms with Crippen LogP contribution < -0.4 is 10.6 Å². The first-order chi connectivity index (χ1) is 5.72. The maximum atomic E-state index is 10.5. The minimum Gasteiger partial charge on any atom is -0.442 e. The van der Waals surface area contributed by atoms with Gasteiger partial charge in [-0.05, 0) is 0 Å². The van der Waals surface area contributed by atoms with Crippen LogP contribution in [0.15, 0.2) is 0 Å². The Labute approximate surface area is 68.9 Å². The van der Waals surface area contributed by atoms with E-state index in [1.165, 1.54) is 0 Å². The first-order valence-corrected chi connectivity index (χ1v) is 3.54. The summed E-state index contributed by atoms with van der Waals surface area (Å²) in [6.07, 6.45) is -0.800. The third-order valence-electron chi connectivity index (χ3n) is 1.42. The monoisotopic (exact) mass is 174 g/mol. The molecule has 1 unspecified atom stereocenters. The zero-order valence-corrected chi connectivity index (χ0v) is 6.37. The molecule has 0 saturated carbocycles. The molecule has 12 heavy (non-hydrogen) atoms. The van der Waals surface area contributed by atoms with Crippen molar-refractivity contribution in [2.24, 2.45) is 0 Å². The van der Waals surface area contributed by atoms with Gasteiger partial charge in [-0.2, -0.15) is 0 Å². The molecule has 1 aliphatic heterocycles. The lowest BCUT2D eigenvalue weighted by Crippen LogP contribution is -2.35. The van der Waals surface area contributed by atoms with Crippen molar-refractivity contribution in [2.75, 3.05) is 19.7 Å². The van der Waals surface area contributed by atoms with E-state index < -0.39 is 18.6 Å². The third-order valence-corrected chi connectivity index (χ3v) is 1.42. The van der Waals surface area contributed by atoms with Crippen molar-refractivity contribution in [3.8, 4) is 0 Å². The molecule has 0 radical (unpaired) electrons. The summed E-state index contributed by atoms with van der Waals surface area (Å²) in [5.74, 6) is -0.474. The second-order valence-corrected chi connectivity index (χ2v) is 2.37. The zero-order chi connectivity index (χ0) is 8.97. The molecule has 1 heterocycles. The van der Waals surface area contributed by atoms with E-state index >= 15 is 0 Å². The van der Waals surface area contributed by atoms with Gasteiger partial charge in [0.05, 0.1) is 13.1 Å². The van der Waals surface area contributed by atoms with E-state index in [1.54, 1.807) is 0 Å². The van der Waals surface area contributed by atoms with Crippen LogP contribution in [0, 0.1) is 0 Å². The molecule has 0 spiro atoms. The van der Waals surface area contributed by atoms with Gasteiger partial charge in [0, 0.05) is 0 Å². The van der Waals surface area contributed by atoms with Gasteiger partial charge in [-0.15, -0.1) is 0 Å². The van der Waals surface area contributed by atoms with Gasteiger partial charge >= 0.3 is 6.09 Å². The second-order valence-electron chi connectivity index (χ2n) is 2.37. The summed E-state index contributed by atoms with van der Waals surface area (Å²) in [5.41, 5.74) is 0. The summed E-state index contributed by atoms with van der Waals surface area (Å²) in [6, 6.07) is 0. The SMILES string of the molecule is O=C(CO)NCC1CNC(=O)O1. The number of carbonyl (C=O) groups is 2. The Morgan fingerprint density at radius 1 is 1.83 bits per heavy atom. The summed E-state index contributed by atoms with van der Waals surface area (Å²) < 4.78 is 4.71. The molecule has 6 nitrogen and oxygen atoms in total. The first-order valence-electron chi connectivity index (χ1n) is 3.54. The molecular formula is C6H10N2O4. The Kier molecular flexibility index (Phi) is 2.87.